The van der Waals surface area contributed by atoms with Gasteiger partial charge in [-0.25, -0.2) is 0 Å². The molecule has 0 atom stereocenters. The van der Waals surface area contributed by atoms with Crippen molar-refractivity contribution in [2.24, 2.45) is 0 Å². The summed E-state index contributed by atoms with van der Waals surface area (Å²) < 4.78 is 34.7. The molecule has 0 saturated carbocycles. The minimum absolute atomic E-state index is 0.207. The minimum atomic E-state index is -1.14. The fourth-order valence-corrected chi connectivity index (χ4v) is 5.28. The molecular formula is C33H52O6Si2. The second kappa shape index (κ2) is 16.8. The van der Waals surface area contributed by atoms with Crippen LogP contribution in [0.15, 0.2) is 42.0 Å². The van der Waals surface area contributed by atoms with Crippen LogP contribution in [0.25, 0.3) is 12.2 Å². The van der Waals surface area contributed by atoms with Gasteiger partial charge in [-0.15, -0.1) is 0 Å². The van der Waals surface area contributed by atoms with Crippen LogP contribution in [0, 0.1) is 0 Å². The Bertz CT molecular complexity index is 1140. The average Bonchev–Trinajstić information content (AvgIpc) is 2.89. The lowest BCUT2D eigenvalue weighted by molar-refractivity contribution is 0.0205. The number of ether oxygens (including phenoxy) is 6. The minimum Gasteiger partial charge on any atom is -0.496 e. The SMILES string of the molecule is COc1cc(/C=C/c2cc(OCOCC[Si](C)(C)C)cc(OC)c2CC=C(C)C)ccc1OCOCC[Si](C)(C)C. The molecule has 2 aromatic rings. The summed E-state index contributed by atoms with van der Waals surface area (Å²) in [5, 5.41) is 0. The highest BCUT2D eigenvalue weighted by molar-refractivity contribution is 6.76. The highest BCUT2D eigenvalue weighted by atomic mass is 28.3. The maximum absolute atomic E-state index is 5.98. The molecule has 0 radical (unpaired) electrons. The monoisotopic (exact) mass is 600 g/mol. The van der Waals surface area contributed by atoms with Gasteiger partial charge in [-0.2, -0.15) is 0 Å². The number of hydrogen-bond donors (Lipinski definition) is 0. The van der Waals surface area contributed by atoms with Gasteiger partial charge in [0.05, 0.1) is 14.2 Å². The van der Waals surface area contributed by atoms with E-state index in [-0.39, 0.29) is 13.6 Å². The molecule has 228 valence electrons. The first-order valence-corrected chi connectivity index (χ1v) is 21.8. The first-order valence-electron chi connectivity index (χ1n) is 14.4. The van der Waals surface area contributed by atoms with E-state index < -0.39 is 16.1 Å². The van der Waals surface area contributed by atoms with Crippen molar-refractivity contribution >= 4 is 28.3 Å². The molecule has 0 bridgehead atoms. The molecule has 0 aliphatic heterocycles. The molecule has 0 unspecified atom stereocenters. The second-order valence-corrected chi connectivity index (χ2v) is 24.1. The van der Waals surface area contributed by atoms with Crippen molar-refractivity contribution in [3.8, 4) is 23.0 Å². The smallest absolute Gasteiger partial charge is 0.189 e. The fraction of sp³-hybridized carbons (Fsp3) is 0.515. The van der Waals surface area contributed by atoms with Crippen LogP contribution < -0.4 is 18.9 Å². The second-order valence-electron chi connectivity index (χ2n) is 12.9. The number of rotatable bonds is 18. The van der Waals surface area contributed by atoms with E-state index in [4.69, 9.17) is 28.4 Å². The summed E-state index contributed by atoms with van der Waals surface area (Å²) in [6.07, 6.45) is 7.11. The molecule has 0 aliphatic carbocycles. The van der Waals surface area contributed by atoms with Crippen LogP contribution in [-0.4, -0.2) is 57.2 Å². The molecular weight excluding hydrogens is 549 g/mol. The van der Waals surface area contributed by atoms with Gasteiger partial charge < -0.3 is 28.4 Å². The van der Waals surface area contributed by atoms with E-state index in [1.54, 1.807) is 14.2 Å². The Hall–Kier alpha value is -2.53. The third kappa shape index (κ3) is 13.8. The molecule has 0 aliphatic rings. The van der Waals surface area contributed by atoms with E-state index in [2.05, 4.69) is 71.4 Å². The summed E-state index contributed by atoms with van der Waals surface area (Å²) >= 11 is 0. The lowest BCUT2D eigenvalue weighted by Gasteiger charge is -2.17. The van der Waals surface area contributed by atoms with Gasteiger partial charge in [0, 0.05) is 41.0 Å². The molecule has 0 aromatic heterocycles. The van der Waals surface area contributed by atoms with Gasteiger partial charge >= 0.3 is 0 Å². The van der Waals surface area contributed by atoms with Crippen molar-refractivity contribution in [2.45, 2.75) is 71.6 Å². The molecule has 0 amide bonds. The maximum Gasteiger partial charge on any atom is 0.189 e. The van der Waals surface area contributed by atoms with Crippen molar-refractivity contribution in [1.82, 2.24) is 0 Å². The standard InChI is InChI=1S/C33H52O6Si2/c1-26(2)11-15-30-28(22-29(23-32(30)34-3)38-24-36-17-19-40(5,6)7)14-12-27-13-16-31(33(21-27)35-4)39-25-37-18-20-41(8,9)10/h11-14,16,21-23H,15,17-20,24-25H2,1-10H3/b14-12+. The highest BCUT2D eigenvalue weighted by Gasteiger charge is 2.14. The Kier molecular flexibility index (Phi) is 14.2. The topological polar surface area (TPSA) is 55.4 Å². The predicted molar refractivity (Wildman–Crippen MR) is 177 cm³/mol. The fourth-order valence-electron chi connectivity index (χ4n) is 3.76. The maximum atomic E-state index is 5.98. The molecule has 41 heavy (non-hydrogen) atoms. The number of hydrogen-bond acceptors (Lipinski definition) is 6. The Balaban J connectivity index is 2.21. The van der Waals surface area contributed by atoms with Crippen LogP contribution in [-0.2, 0) is 15.9 Å². The van der Waals surface area contributed by atoms with Crippen molar-refractivity contribution in [1.29, 1.82) is 0 Å². The first-order chi connectivity index (χ1) is 19.3. The summed E-state index contributed by atoms with van der Waals surface area (Å²) in [5.74, 6) is 2.83. The third-order valence-electron chi connectivity index (χ3n) is 6.39. The van der Waals surface area contributed by atoms with Gasteiger partial charge in [-0.3, -0.25) is 0 Å². The first kappa shape index (κ1) is 34.7. The molecule has 0 N–H and O–H groups in total. The quantitative estimate of drug-likeness (QED) is 0.0560. The van der Waals surface area contributed by atoms with Crippen LogP contribution in [0.2, 0.25) is 51.4 Å². The van der Waals surface area contributed by atoms with Gasteiger partial charge in [-0.1, -0.05) is 69.1 Å². The Morgan fingerprint density at radius 3 is 1.88 bits per heavy atom. The normalized spacial score (nSPS) is 12.0. The Morgan fingerprint density at radius 1 is 0.707 bits per heavy atom. The summed E-state index contributed by atoms with van der Waals surface area (Å²) in [5.41, 5.74) is 4.36. The van der Waals surface area contributed by atoms with Crippen LogP contribution in [0.5, 0.6) is 23.0 Å². The zero-order valence-electron chi connectivity index (χ0n) is 27.0. The van der Waals surface area contributed by atoms with E-state index in [0.29, 0.717) is 30.5 Å². The summed E-state index contributed by atoms with van der Waals surface area (Å²) in [4.78, 5) is 0. The van der Waals surface area contributed by atoms with Crippen LogP contribution >= 0.6 is 0 Å². The highest BCUT2D eigenvalue weighted by Crippen LogP contribution is 2.33. The largest absolute Gasteiger partial charge is 0.496 e. The lowest BCUT2D eigenvalue weighted by Crippen LogP contribution is -2.22. The van der Waals surface area contributed by atoms with Crippen molar-refractivity contribution in [3.05, 3.63) is 58.7 Å². The van der Waals surface area contributed by atoms with Gasteiger partial charge in [0.25, 0.3) is 0 Å². The predicted octanol–water partition coefficient (Wildman–Crippen LogP) is 8.77. The van der Waals surface area contributed by atoms with Crippen molar-refractivity contribution in [3.63, 3.8) is 0 Å². The molecule has 6 nitrogen and oxygen atoms in total. The number of allylic oxidation sites excluding steroid dienone is 2. The third-order valence-corrected chi connectivity index (χ3v) is 9.80. The molecule has 0 saturated heterocycles. The summed E-state index contributed by atoms with van der Waals surface area (Å²) in [6, 6.07) is 12.1. The Labute approximate surface area is 250 Å². The number of methoxy groups -OCH3 is 2. The van der Waals surface area contributed by atoms with Crippen LogP contribution in [0.1, 0.15) is 30.5 Å². The molecule has 0 fully saturated rings. The van der Waals surface area contributed by atoms with E-state index in [0.717, 1.165) is 40.9 Å². The van der Waals surface area contributed by atoms with Gasteiger partial charge in [0.15, 0.2) is 25.1 Å². The summed E-state index contributed by atoms with van der Waals surface area (Å²) in [6.45, 7) is 20.1. The molecule has 0 heterocycles. The summed E-state index contributed by atoms with van der Waals surface area (Å²) in [7, 11) is 1.07. The van der Waals surface area contributed by atoms with Gasteiger partial charge in [-0.05, 0) is 61.7 Å². The van der Waals surface area contributed by atoms with Gasteiger partial charge in [0.1, 0.15) is 11.5 Å². The molecule has 8 heteroatoms. The molecule has 2 aromatic carbocycles. The lowest BCUT2D eigenvalue weighted by atomic mass is 10.00. The van der Waals surface area contributed by atoms with E-state index in [1.807, 2.05) is 30.3 Å². The van der Waals surface area contributed by atoms with Crippen molar-refractivity contribution in [2.75, 3.05) is 41.0 Å². The van der Waals surface area contributed by atoms with Crippen molar-refractivity contribution < 1.29 is 28.4 Å². The van der Waals surface area contributed by atoms with E-state index in [9.17, 15) is 0 Å². The number of benzene rings is 2. The van der Waals surface area contributed by atoms with Crippen LogP contribution in [0.4, 0.5) is 0 Å². The average molecular weight is 601 g/mol. The molecule has 2 rings (SSSR count). The Morgan fingerprint density at radius 2 is 1.32 bits per heavy atom. The zero-order valence-corrected chi connectivity index (χ0v) is 29.0. The van der Waals surface area contributed by atoms with E-state index >= 15 is 0 Å². The molecule has 0 spiro atoms. The zero-order chi connectivity index (χ0) is 30.5. The van der Waals surface area contributed by atoms with Gasteiger partial charge in [0.2, 0.25) is 0 Å². The van der Waals surface area contributed by atoms with E-state index in [1.165, 1.54) is 5.57 Å². The van der Waals surface area contributed by atoms with Crippen LogP contribution in [0.3, 0.4) is 0 Å².